The molecule has 1 N–H and O–H groups in total. The predicted octanol–water partition coefficient (Wildman–Crippen LogP) is 3.38. The van der Waals surface area contributed by atoms with Crippen molar-refractivity contribution in [2.75, 3.05) is 0 Å². The zero-order chi connectivity index (χ0) is 15.7. The third-order valence-corrected chi connectivity index (χ3v) is 4.70. The van der Waals surface area contributed by atoms with Gasteiger partial charge in [0.25, 0.3) is 5.91 Å². The molecule has 2 aromatic rings. The van der Waals surface area contributed by atoms with Crippen molar-refractivity contribution in [3.8, 4) is 11.1 Å². The third kappa shape index (κ3) is 2.80. The number of rotatable bonds is 3. The number of nitrogens with zero attached hydrogens (tertiary/aromatic N) is 2. The van der Waals surface area contributed by atoms with Crippen molar-refractivity contribution < 1.29 is 9.21 Å². The molecule has 1 amide bonds. The second kappa shape index (κ2) is 5.63. The van der Waals surface area contributed by atoms with Gasteiger partial charge in [-0.25, -0.2) is 0 Å². The van der Waals surface area contributed by atoms with E-state index in [0.717, 1.165) is 24.0 Å². The summed E-state index contributed by atoms with van der Waals surface area (Å²) in [5, 5.41) is 7.32. The van der Waals surface area contributed by atoms with Crippen LogP contribution in [0.4, 0.5) is 0 Å². The van der Waals surface area contributed by atoms with E-state index in [2.05, 4.69) is 24.3 Å². The molecular weight excluding hydrogens is 278 g/mol. The Hall–Kier alpha value is -2.04. The topological polar surface area (TPSA) is 60.1 Å². The summed E-state index contributed by atoms with van der Waals surface area (Å²) in [6.07, 6.45) is 9.76. The zero-order valence-corrected chi connectivity index (χ0v) is 13.4. The van der Waals surface area contributed by atoms with Crippen LogP contribution in [0.5, 0.6) is 0 Å². The summed E-state index contributed by atoms with van der Waals surface area (Å²) in [4.78, 5) is 12.6. The van der Waals surface area contributed by atoms with E-state index in [1.54, 1.807) is 17.1 Å². The van der Waals surface area contributed by atoms with Gasteiger partial charge in [0.05, 0.1) is 12.5 Å². The average molecular weight is 301 g/mol. The Morgan fingerprint density at radius 1 is 1.45 bits per heavy atom. The van der Waals surface area contributed by atoms with E-state index in [9.17, 15) is 4.79 Å². The van der Waals surface area contributed by atoms with Gasteiger partial charge in [0.15, 0.2) is 5.76 Å². The van der Waals surface area contributed by atoms with Gasteiger partial charge in [-0.15, -0.1) is 0 Å². The summed E-state index contributed by atoms with van der Waals surface area (Å²) >= 11 is 0. The smallest absolute Gasteiger partial charge is 0.287 e. The number of amides is 1. The quantitative estimate of drug-likeness (QED) is 0.945. The third-order valence-electron chi connectivity index (χ3n) is 4.70. The highest BCUT2D eigenvalue weighted by atomic mass is 16.3. The first-order chi connectivity index (χ1) is 10.5. The van der Waals surface area contributed by atoms with Crippen molar-refractivity contribution in [1.29, 1.82) is 0 Å². The molecule has 0 radical (unpaired) electrons. The summed E-state index contributed by atoms with van der Waals surface area (Å²) in [6.45, 7) is 4.45. The van der Waals surface area contributed by atoms with Crippen molar-refractivity contribution in [3.05, 3.63) is 30.5 Å². The van der Waals surface area contributed by atoms with Crippen LogP contribution in [0.1, 0.15) is 50.1 Å². The number of carbonyl (C=O) groups is 1. The lowest BCUT2D eigenvalue weighted by atomic mass is 9.73. The zero-order valence-electron chi connectivity index (χ0n) is 13.4. The molecule has 3 rings (SSSR count). The van der Waals surface area contributed by atoms with E-state index in [-0.39, 0.29) is 17.4 Å². The Morgan fingerprint density at radius 2 is 2.27 bits per heavy atom. The van der Waals surface area contributed by atoms with Crippen molar-refractivity contribution in [2.24, 2.45) is 12.5 Å². The van der Waals surface area contributed by atoms with Crippen molar-refractivity contribution in [2.45, 2.75) is 45.6 Å². The van der Waals surface area contributed by atoms with Crippen LogP contribution in [0.2, 0.25) is 0 Å². The standard InChI is InChI=1S/C17H23N3O2/c1-17(2)8-5-4-6-14(17)19-16(21)15-13(7-9-22-15)12-10-18-20(3)11-12/h7,9-11,14H,4-6,8H2,1-3H3,(H,19,21). The lowest BCUT2D eigenvalue weighted by molar-refractivity contribution is 0.0827. The maximum Gasteiger partial charge on any atom is 0.287 e. The van der Waals surface area contributed by atoms with Gasteiger partial charge >= 0.3 is 0 Å². The molecule has 118 valence electrons. The predicted molar refractivity (Wildman–Crippen MR) is 84.4 cm³/mol. The largest absolute Gasteiger partial charge is 0.459 e. The summed E-state index contributed by atoms with van der Waals surface area (Å²) in [5.41, 5.74) is 1.82. The molecular formula is C17H23N3O2. The van der Waals surface area contributed by atoms with Crippen LogP contribution >= 0.6 is 0 Å². The van der Waals surface area contributed by atoms with Crippen LogP contribution in [0.15, 0.2) is 29.1 Å². The normalized spacial score (nSPS) is 20.8. The Labute approximate surface area is 130 Å². The van der Waals surface area contributed by atoms with Gasteiger partial charge in [-0.05, 0) is 24.3 Å². The summed E-state index contributed by atoms with van der Waals surface area (Å²) in [6, 6.07) is 2.01. The molecule has 2 heterocycles. The molecule has 5 nitrogen and oxygen atoms in total. The number of aromatic nitrogens is 2. The summed E-state index contributed by atoms with van der Waals surface area (Å²) < 4.78 is 7.17. The first kappa shape index (κ1) is 14.9. The fourth-order valence-corrected chi connectivity index (χ4v) is 3.26. The molecule has 1 fully saturated rings. The van der Waals surface area contributed by atoms with Crippen molar-refractivity contribution in [3.63, 3.8) is 0 Å². The van der Waals surface area contributed by atoms with E-state index in [1.807, 2.05) is 19.3 Å². The van der Waals surface area contributed by atoms with Crippen LogP contribution in [0.3, 0.4) is 0 Å². The highest BCUT2D eigenvalue weighted by Gasteiger charge is 2.34. The van der Waals surface area contributed by atoms with Gasteiger partial charge in [-0.3, -0.25) is 9.48 Å². The van der Waals surface area contributed by atoms with Gasteiger partial charge < -0.3 is 9.73 Å². The molecule has 1 atom stereocenters. The Kier molecular flexibility index (Phi) is 3.81. The minimum Gasteiger partial charge on any atom is -0.459 e. The SMILES string of the molecule is Cn1cc(-c2ccoc2C(=O)NC2CCCCC2(C)C)cn1. The van der Waals surface area contributed by atoms with Crippen LogP contribution < -0.4 is 5.32 Å². The van der Waals surface area contributed by atoms with E-state index in [0.29, 0.717) is 5.76 Å². The molecule has 0 spiro atoms. The van der Waals surface area contributed by atoms with Crippen LogP contribution in [-0.4, -0.2) is 21.7 Å². The highest BCUT2D eigenvalue weighted by molar-refractivity contribution is 5.98. The molecule has 1 unspecified atom stereocenters. The van der Waals surface area contributed by atoms with Gasteiger partial charge in [0.2, 0.25) is 0 Å². The molecule has 0 saturated heterocycles. The summed E-state index contributed by atoms with van der Waals surface area (Å²) in [5.74, 6) is 0.234. The molecule has 22 heavy (non-hydrogen) atoms. The fraction of sp³-hybridized carbons (Fsp3) is 0.529. The Bertz CT molecular complexity index is 669. The van der Waals surface area contributed by atoms with Gasteiger partial charge in [-0.1, -0.05) is 26.7 Å². The van der Waals surface area contributed by atoms with Crippen molar-refractivity contribution >= 4 is 5.91 Å². The number of carbonyl (C=O) groups excluding carboxylic acids is 1. The van der Waals surface area contributed by atoms with Gasteiger partial charge in [0.1, 0.15) is 0 Å². The Morgan fingerprint density at radius 3 is 2.95 bits per heavy atom. The van der Waals surface area contributed by atoms with E-state index >= 15 is 0 Å². The molecule has 1 aliphatic rings. The average Bonchev–Trinajstić information content (AvgIpc) is 3.09. The van der Waals surface area contributed by atoms with E-state index in [4.69, 9.17) is 4.42 Å². The first-order valence-corrected chi connectivity index (χ1v) is 7.85. The second-order valence-corrected chi connectivity index (χ2v) is 6.83. The number of hydrogen-bond acceptors (Lipinski definition) is 3. The molecule has 1 aliphatic carbocycles. The first-order valence-electron chi connectivity index (χ1n) is 7.85. The molecule has 2 aromatic heterocycles. The lowest BCUT2D eigenvalue weighted by Crippen LogP contribution is -2.46. The van der Waals surface area contributed by atoms with Gasteiger partial charge in [-0.2, -0.15) is 5.10 Å². The van der Waals surface area contributed by atoms with Crippen LogP contribution in [0, 0.1) is 5.41 Å². The highest BCUT2D eigenvalue weighted by Crippen LogP contribution is 2.36. The second-order valence-electron chi connectivity index (χ2n) is 6.83. The number of hydrogen-bond donors (Lipinski definition) is 1. The maximum absolute atomic E-state index is 12.6. The van der Waals surface area contributed by atoms with E-state index < -0.39 is 0 Å². The fourth-order valence-electron chi connectivity index (χ4n) is 3.26. The Balaban J connectivity index is 1.80. The lowest BCUT2D eigenvalue weighted by Gasteiger charge is -2.38. The number of aryl methyl sites for hydroxylation is 1. The molecule has 0 aliphatic heterocycles. The molecule has 1 saturated carbocycles. The number of nitrogens with one attached hydrogen (secondary N) is 1. The molecule has 0 bridgehead atoms. The van der Waals surface area contributed by atoms with Gasteiger partial charge in [0, 0.05) is 30.4 Å². The number of furan rings is 1. The monoisotopic (exact) mass is 301 g/mol. The minimum absolute atomic E-state index is 0.134. The summed E-state index contributed by atoms with van der Waals surface area (Å²) in [7, 11) is 1.86. The van der Waals surface area contributed by atoms with Crippen LogP contribution in [0.25, 0.3) is 11.1 Å². The molecule has 0 aromatic carbocycles. The molecule has 5 heteroatoms. The maximum atomic E-state index is 12.6. The van der Waals surface area contributed by atoms with E-state index in [1.165, 1.54) is 12.8 Å². The van der Waals surface area contributed by atoms with Crippen LogP contribution in [-0.2, 0) is 7.05 Å². The minimum atomic E-state index is -0.135. The van der Waals surface area contributed by atoms with Crippen molar-refractivity contribution in [1.82, 2.24) is 15.1 Å².